The molecule has 2 rings (SSSR count). The van der Waals surface area contributed by atoms with Crippen molar-refractivity contribution < 1.29 is 27.1 Å². The van der Waals surface area contributed by atoms with Gasteiger partial charge in [-0.05, 0) is 50.1 Å². The molecule has 0 saturated heterocycles. The lowest BCUT2D eigenvalue weighted by molar-refractivity contribution is -0.139. The number of para-hydroxylation sites is 1. The summed E-state index contributed by atoms with van der Waals surface area (Å²) in [5, 5.41) is 2.86. The molecule has 0 bridgehead atoms. The van der Waals surface area contributed by atoms with E-state index in [1.807, 2.05) is 13.8 Å². The minimum Gasteiger partial charge on any atom is -0.497 e. The fraction of sp³-hybridized carbons (Fsp3) is 0.440. The van der Waals surface area contributed by atoms with Gasteiger partial charge < -0.3 is 15.0 Å². The van der Waals surface area contributed by atoms with Crippen LogP contribution in [0.5, 0.6) is 5.75 Å². The minimum absolute atomic E-state index is 0.0122. The monoisotopic (exact) mass is 522 g/mol. The van der Waals surface area contributed by atoms with E-state index in [-0.39, 0.29) is 24.2 Å². The number of nitrogens with one attached hydrogen (secondary N) is 1. The molecule has 2 aromatic carbocycles. The number of nitrogens with zero attached hydrogens (tertiary/aromatic N) is 3. The van der Waals surface area contributed by atoms with Gasteiger partial charge in [-0.25, -0.2) is 8.70 Å². The van der Waals surface area contributed by atoms with Gasteiger partial charge in [-0.1, -0.05) is 31.2 Å². The van der Waals surface area contributed by atoms with E-state index in [1.165, 1.54) is 44.3 Å². The van der Waals surface area contributed by atoms with Gasteiger partial charge in [0.1, 0.15) is 24.2 Å². The van der Waals surface area contributed by atoms with Crippen LogP contribution < -0.4 is 14.4 Å². The fourth-order valence-corrected chi connectivity index (χ4v) is 4.44. The molecule has 9 nitrogen and oxygen atoms in total. The first kappa shape index (κ1) is 29.1. The SMILES string of the molecule is CC[C@@H](C)NC(=O)[C@H](C)N(Cc1cccc(OC)c1)C(=O)CN(c1ccccc1F)S(=O)(=O)N(C)C. The van der Waals surface area contributed by atoms with E-state index in [9.17, 15) is 22.4 Å². The summed E-state index contributed by atoms with van der Waals surface area (Å²) in [7, 11) is -0.129. The number of carbonyl (C=O) groups excluding carboxylic acids is 2. The molecule has 0 aliphatic rings. The zero-order valence-electron chi connectivity index (χ0n) is 21.6. The summed E-state index contributed by atoms with van der Waals surface area (Å²) in [5.41, 5.74) is 0.413. The van der Waals surface area contributed by atoms with Gasteiger partial charge in [0.15, 0.2) is 0 Å². The number of anilines is 1. The smallest absolute Gasteiger partial charge is 0.304 e. The van der Waals surface area contributed by atoms with Crippen LogP contribution in [0.25, 0.3) is 0 Å². The van der Waals surface area contributed by atoms with E-state index < -0.39 is 34.5 Å². The van der Waals surface area contributed by atoms with E-state index >= 15 is 0 Å². The zero-order chi connectivity index (χ0) is 27.0. The lowest BCUT2D eigenvalue weighted by Gasteiger charge is -2.33. The quantitative estimate of drug-likeness (QED) is 0.462. The third-order valence-electron chi connectivity index (χ3n) is 5.80. The summed E-state index contributed by atoms with van der Waals surface area (Å²) in [4.78, 5) is 27.9. The summed E-state index contributed by atoms with van der Waals surface area (Å²) in [6.45, 7) is 4.66. The van der Waals surface area contributed by atoms with E-state index in [0.29, 0.717) is 22.0 Å². The van der Waals surface area contributed by atoms with Gasteiger partial charge in [0.25, 0.3) is 0 Å². The van der Waals surface area contributed by atoms with Crippen LogP contribution in [-0.2, 0) is 26.3 Å². The normalized spacial score (nSPS) is 13.1. The van der Waals surface area contributed by atoms with Gasteiger partial charge in [0, 0.05) is 26.7 Å². The average Bonchev–Trinajstić information content (AvgIpc) is 2.85. The molecule has 0 aromatic heterocycles. The van der Waals surface area contributed by atoms with Crippen LogP contribution >= 0.6 is 0 Å². The standard InChI is InChI=1S/C25H35FN4O5S/c1-7-18(2)27-25(32)19(3)29(16-20-11-10-12-21(15-20)35-6)24(31)17-30(36(33,34)28(4)5)23-14-9-8-13-22(23)26/h8-15,18-19H,7,16-17H2,1-6H3,(H,27,32)/t18-,19+/m1/s1. The van der Waals surface area contributed by atoms with Gasteiger partial charge in [0.2, 0.25) is 11.8 Å². The van der Waals surface area contributed by atoms with Crippen LogP contribution in [0.15, 0.2) is 48.5 Å². The zero-order valence-corrected chi connectivity index (χ0v) is 22.4. The maximum atomic E-state index is 14.7. The molecular formula is C25H35FN4O5S. The van der Waals surface area contributed by atoms with E-state index in [1.54, 1.807) is 31.2 Å². The maximum Gasteiger partial charge on any atom is 0.304 e. The first-order valence-electron chi connectivity index (χ1n) is 11.6. The van der Waals surface area contributed by atoms with E-state index in [0.717, 1.165) is 10.4 Å². The first-order chi connectivity index (χ1) is 16.9. The molecular weight excluding hydrogens is 487 g/mol. The molecule has 0 heterocycles. The van der Waals surface area contributed by atoms with Crippen molar-refractivity contribution in [1.29, 1.82) is 0 Å². The summed E-state index contributed by atoms with van der Waals surface area (Å²) < 4.78 is 47.7. The number of hydrogen-bond acceptors (Lipinski definition) is 5. The van der Waals surface area contributed by atoms with Crippen LogP contribution in [0.4, 0.5) is 10.1 Å². The molecule has 0 aliphatic carbocycles. The first-order valence-corrected chi connectivity index (χ1v) is 13.0. The predicted octanol–water partition coefficient (Wildman–Crippen LogP) is 2.78. The van der Waals surface area contributed by atoms with Crippen molar-refractivity contribution in [2.75, 3.05) is 32.1 Å². The molecule has 2 aromatic rings. The second kappa shape index (κ2) is 12.7. The number of hydrogen-bond donors (Lipinski definition) is 1. The van der Waals surface area contributed by atoms with Crippen molar-refractivity contribution in [2.24, 2.45) is 0 Å². The van der Waals surface area contributed by atoms with Crippen molar-refractivity contribution in [1.82, 2.24) is 14.5 Å². The van der Waals surface area contributed by atoms with Crippen LogP contribution in [0, 0.1) is 5.82 Å². The molecule has 0 unspecified atom stereocenters. The van der Waals surface area contributed by atoms with Crippen molar-refractivity contribution in [3.05, 3.63) is 59.9 Å². The van der Waals surface area contributed by atoms with Gasteiger partial charge in [-0.2, -0.15) is 12.7 Å². The number of ether oxygens (including phenoxy) is 1. The number of amides is 2. The Morgan fingerprint density at radius 1 is 1.08 bits per heavy atom. The second-order valence-corrected chi connectivity index (χ2v) is 10.7. The Bertz CT molecular complexity index is 1160. The molecule has 0 radical (unpaired) electrons. The number of carbonyl (C=O) groups is 2. The summed E-state index contributed by atoms with van der Waals surface area (Å²) in [5.74, 6) is -1.27. The Morgan fingerprint density at radius 3 is 2.33 bits per heavy atom. The molecule has 1 N–H and O–H groups in total. The molecule has 0 spiro atoms. The average molecular weight is 523 g/mol. The Labute approximate surface area is 213 Å². The third-order valence-corrected chi connectivity index (χ3v) is 7.60. The molecule has 2 atom stereocenters. The topological polar surface area (TPSA) is 99.3 Å². The highest BCUT2D eigenvalue weighted by molar-refractivity contribution is 7.90. The number of rotatable bonds is 12. The molecule has 0 aliphatic heterocycles. The molecule has 0 saturated carbocycles. The largest absolute Gasteiger partial charge is 0.497 e. The van der Waals surface area contributed by atoms with Crippen LogP contribution in [0.2, 0.25) is 0 Å². The van der Waals surface area contributed by atoms with Crippen molar-refractivity contribution in [3.8, 4) is 5.75 Å². The van der Waals surface area contributed by atoms with Crippen molar-refractivity contribution in [3.63, 3.8) is 0 Å². The van der Waals surface area contributed by atoms with Gasteiger partial charge >= 0.3 is 10.2 Å². The number of benzene rings is 2. The highest BCUT2D eigenvalue weighted by Crippen LogP contribution is 2.24. The van der Waals surface area contributed by atoms with Crippen LogP contribution in [-0.4, -0.2) is 69.3 Å². The summed E-state index contributed by atoms with van der Waals surface area (Å²) >= 11 is 0. The van der Waals surface area contributed by atoms with Crippen molar-refractivity contribution in [2.45, 2.75) is 45.8 Å². The van der Waals surface area contributed by atoms with E-state index in [2.05, 4.69) is 5.32 Å². The summed E-state index contributed by atoms with van der Waals surface area (Å²) in [6.07, 6.45) is 0.699. The van der Waals surface area contributed by atoms with Crippen LogP contribution in [0.3, 0.4) is 0 Å². The molecule has 36 heavy (non-hydrogen) atoms. The van der Waals surface area contributed by atoms with Crippen molar-refractivity contribution >= 4 is 27.7 Å². The molecule has 2 amide bonds. The Balaban J connectivity index is 2.48. The summed E-state index contributed by atoms with van der Waals surface area (Å²) in [6, 6.07) is 11.3. The Hall–Kier alpha value is -3.18. The predicted molar refractivity (Wildman–Crippen MR) is 137 cm³/mol. The van der Waals surface area contributed by atoms with Gasteiger partial charge in [0.05, 0.1) is 12.8 Å². The molecule has 0 fully saturated rings. The second-order valence-electron chi connectivity index (χ2n) is 8.62. The highest BCUT2D eigenvalue weighted by Gasteiger charge is 2.33. The van der Waals surface area contributed by atoms with Crippen LogP contribution in [0.1, 0.15) is 32.8 Å². The highest BCUT2D eigenvalue weighted by atomic mass is 32.2. The lowest BCUT2D eigenvalue weighted by atomic mass is 10.1. The van der Waals surface area contributed by atoms with Gasteiger partial charge in [-0.3, -0.25) is 9.59 Å². The lowest BCUT2D eigenvalue weighted by Crippen LogP contribution is -2.53. The maximum absolute atomic E-state index is 14.7. The fourth-order valence-electron chi connectivity index (χ4n) is 3.37. The minimum atomic E-state index is -4.24. The van der Waals surface area contributed by atoms with E-state index in [4.69, 9.17) is 4.74 Å². The van der Waals surface area contributed by atoms with Gasteiger partial charge in [-0.15, -0.1) is 0 Å². The number of methoxy groups -OCH3 is 1. The molecule has 198 valence electrons. The third kappa shape index (κ3) is 7.17. The number of halogens is 1. The molecule has 11 heteroatoms. The Kier molecular flexibility index (Phi) is 10.2. The Morgan fingerprint density at radius 2 is 1.75 bits per heavy atom.